The third-order valence-electron chi connectivity index (χ3n) is 3.16. The van der Waals surface area contributed by atoms with Crippen LogP contribution in [0, 0.1) is 31.3 Å². The predicted octanol–water partition coefficient (Wildman–Crippen LogP) is 7.32. The molecule has 0 N–H and O–H groups in total. The maximum atomic E-state index is 12.9. The maximum absolute atomic E-state index is 12.9. The van der Waals surface area contributed by atoms with Crippen molar-refractivity contribution in [1.29, 1.82) is 0 Å². The molecule has 0 unspecified atom stereocenters. The maximum Gasteiger partial charge on any atom is 0.173 e. The Labute approximate surface area is 145 Å². The van der Waals surface area contributed by atoms with Gasteiger partial charge in [0.15, 0.2) is 11.6 Å². The molecule has 23 heavy (non-hydrogen) atoms. The average molecular weight is 389 g/mol. The Hall–Kier alpha value is -1.29. The van der Waals surface area contributed by atoms with E-state index in [4.69, 9.17) is 0 Å². The van der Waals surface area contributed by atoms with Crippen molar-refractivity contribution < 1.29 is 13.2 Å². The monoisotopic (exact) mass is 388 g/mol. The normalized spacial score (nSPS) is 9.70. The first-order chi connectivity index (χ1) is 10.7. The van der Waals surface area contributed by atoms with Crippen molar-refractivity contribution in [3.8, 4) is 0 Å². The molecule has 0 fully saturated rings. The highest BCUT2D eigenvalue weighted by Gasteiger charge is 2.12. The van der Waals surface area contributed by atoms with Crippen LogP contribution in [0.2, 0.25) is 0 Å². The molecule has 0 heterocycles. The van der Waals surface area contributed by atoms with Gasteiger partial charge in [-0.05, 0) is 70.6 Å². The van der Waals surface area contributed by atoms with Gasteiger partial charge in [-0.25, -0.2) is 13.2 Å². The van der Waals surface area contributed by atoms with Gasteiger partial charge in [0.2, 0.25) is 0 Å². The van der Waals surface area contributed by atoms with Crippen molar-refractivity contribution in [2.45, 2.75) is 47.5 Å². The molecule has 0 atom stereocenters. The molecule has 0 amide bonds. The molecule has 0 saturated carbocycles. The van der Waals surface area contributed by atoms with E-state index in [1.807, 2.05) is 41.5 Å². The van der Waals surface area contributed by atoms with Gasteiger partial charge in [0.1, 0.15) is 5.82 Å². The van der Waals surface area contributed by atoms with Crippen LogP contribution in [-0.4, -0.2) is 0 Å². The van der Waals surface area contributed by atoms with Crippen LogP contribution in [0.1, 0.15) is 50.3 Å². The molecule has 0 spiro atoms. The van der Waals surface area contributed by atoms with Crippen LogP contribution in [0.4, 0.5) is 13.2 Å². The first kappa shape index (κ1) is 21.7. The molecular weight excluding hydrogens is 365 g/mol. The first-order valence-corrected chi connectivity index (χ1v) is 8.39. The van der Waals surface area contributed by atoms with Gasteiger partial charge in [0.05, 0.1) is 4.47 Å². The van der Waals surface area contributed by atoms with E-state index in [9.17, 15) is 13.2 Å². The Balaban J connectivity index is 0.000000392. The molecule has 2 rings (SSSR count). The Morgan fingerprint density at radius 2 is 1.43 bits per heavy atom. The number of rotatable bonds is 1. The quantitative estimate of drug-likeness (QED) is 0.448. The third-order valence-corrected chi connectivity index (χ3v) is 3.96. The molecule has 0 aromatic heterocycles. The summed E-state index contributed by atoms with van der Waals surface area (Å²) in [5.74, 6) is -1.58. The van der Waals surface area contributed by atoms with E-state index in [1.54, 1.807) is 12.1 Å². The van der Waals surface area contributed by atoms with Crippen molar-refractivity contribution in [2.75, 3.05) is 0 Å². The van der Waals surface area contributed by atoms with E-state index in [1.165, 1.54) is 12.1 Å². The lowest BCUT2D eigenvalue weighted by Gasteiger charge is -2.08. The fourth-order valence-electron chi connectivity index (χ4n) is 1.69. The van der Waals surface area contributed by atoms with Gasteiger partial charge in [-0.15, -0.1) is 0 Å². The van der Waals surface area contributed by atoms with E-state index in [0.29, 0.717) is 0 Å². The predicted molar refractivity (Wildman–Crippen MR) is 95.4 cm³/mol. The second-order valence-electron chi connectivity index (χ2n) is 5.15. The summed E-state index contributed by atoms with van der Waals surface area (Å²) in [6.07, 6.45) is 0. The average Bonchev–Trinajstić information content (AvgIpc) is 2.51. The molecule has 0 bridgehead atoms. The minimum Gasteiger partial charge on any atom is -0.207 e. The van der Waals surface area contributed by atoms with Gasteiger partial charge in [0.25, 0.3) is 0 Å². The highest BCUT2D eigenvalue weighted by Crippen LogP contribution is 2.28. The van der Waals surface area contributed by atoms with Gasteiger partial charge in [-0.3, -0.25) is 0 Å². The SMILES string of the molecule is CC.CC(C)c1ccc(F)c(F)c1Br.Cc1ccc(F)cc1C. The summed E-state index contributed by atoms with van der Waals surface area (Å²) in [7, 11) is 0. The van der Waals surface area contributed by atoms with Gasteiger partial charge in [0, 0.05) is 0 Å². The van der Waals surface area contributed by atoms with Crippen molar-refractivity contribution in [3.63, 3.8) is 0 Å². The number of hydrogen-bond acceptors (Lipinski definition) is 0. The van der Waals surface area contributed by atoms with E-state index in [-0.39, 0.29) is 16.2 Å². The fraction of sp³-hybridized carbons (Fsp3) is 0.368. The molecule has 0 aliphatic carbocycles. The molecule has 0 saturated heterocycles. The number of hydrogen-bond donors (Lipinski definition) is 0. The summed E-state index contributed by atoms with van der Waals surface area (Å²) in [5.41, 5.74) is 2.93. The second kappa shape index (κ2) is 10.5. The molecule has 4 heteroatoms. The van der Waals surface area contributed by atoms with Crippen LogP contribution in [0.15, 0.2) is 34.8 Å². The van der Waals surface area contributed by atoms with Crippen LogP contribution in [0.25, 0.3) is 0 Å². The number of halogens is 4. The summed E-state index contributed by atoms with van der Waals surface area (Å²) in [6.45, 7) is 11.7. The lowest BCUT2D eigenvalue weighted by molar-refractivity contribution is 0.501. The Bertz CT molecular complexity index is 622. The highest BCUT2D eigenvalue weighted by molar-refractivity contribution is 9.10. The van der Waals surface area contributed by atoms with Crippen LogP contribution in [0.5, 0.6) is 0 Å². The van der Waals surface area contributed by atoms with E-state index in [0.717, 1.165) is 22.8 Å². The zero-order chi connectivity index (χ0) is 18.2. The minimum absolute atomic E-state index is 0.155. The van der Waals surface area contributed by atoms with Crippen molar-refractivity contribution in [3.05, 3.63) is 68.9 Å². The Morgan fingerprint density at radius 3 is 1.87 bits per heavy atom. The smallest absolute Gasteiger partial charge is 0.173 e. The van der Waals surface area contributed by atoms with Gasteiger partial charge in [-0.2, -0.15) is 0 Å². The summed E-state index contributed by atoms with van der Waals surface area (Å²) >= 11 is 3.02. The van der Waals surface area contributed by atoms with E-state index in [2.05, 4.69) is 15.9 Å². The van der Waals surface area contributed by atoms with Crippen LogP contribution < -0.4 is 0 Å². The van der Waals surface area contributed by atoms with Crippen LogP contribution >= 0.6 is 15.9 Å². The molecular formula is C19H24BrF3. The Morgan fingerprint density at radius 1 is 0.870 bits per heavy atom. The van der Waals surface area contributed by atoms with Gasteiger partial charge < -0.3 is 0 Å². The number of aryl methyl sites for hydroxylation is 2. The molecule has 0 radical (unpaired) electrons. The zero-order valence-electron chi connectivity index (χ0n) is 14.5. The van der Waals surface area contributed by atoms with Gasteiger partial charge in [-0.1, -0.05) is 39.8 Å². The van der Waals surface area contributed by atoms with Crippen LogP contribution in [-0.2, 0) is 0 Å². The topological polar surface area (TPSA) is 0 Å². The highest BCUT2D eigenvalue weighted by atomic mass is 79.9. The van der Waals surface area contributed by atoms with E-state index >= 15 is 0 Å². The van der Waals surface area contributed by atoms with Crippen molar-refractivity contribution >= 4 is 15.9 Å². The lowest BCUT2D eigenvalue weighted by atomic mass is 10.0. The number of benzene rings is 2. The lowest BCUT2D eigenvalue weighted by Crippen LogP contribution is -1.94. The fourth-order valence-corrected chi connectivity index (χ4v) is 2.47. The molecule has 0 aliphatic rings. The summed E-state index contributed by atoms with van der Waals surface area (Å²) in [4.78, 5) is 0. The largest absolute Gasteiger partial charge is 0.207 e. The van der Waals surface area contributed by atoms with Crippen molar-refractivity contribution in [1.82, 2.24) is 0 Å². The summed E-state index contributed by atoms with van der Waals surface area (Å²) in [6, 6.07) is 7.53. The minimum atomic E-state index is -0.814. The summed E-state index contributed by atoms with van der Waals surface area (Å²) in [5, 5.41) is 0. The zero-order valence-corrected chi connectivity index (χ0v) is 16.1. The van der Waals surface area contributed by atoms with Gasteiger partial charge >= 0.3 is 0 Å². The van der Waals surface area contributed by atoms with Crippen molar-refractivity contribution in [2.24, 2.45) is 0 Å². The second-order valence-corrected chi connectivity index (χ2v) is 5.94. The first-order valence-electron chi connectivity index (χ1n) is 7.60. The Kier molecular flexibility index (Phi) is 9.89. The molecule has 0 aliphatic heterocycles. The molecule has 0 nitrogen and oxygen atoms in total. The third kappa shape index (κ3) is 6.78. The molecule has 128 valence electrons. The van der Waals surface area contributed by atoms with Crippen LogP contribution in [0.3, 0.4) is 0 Å². The molecule has 2 aromatic rings. The molecule has 2 aromatic carbocycles. The summed E-state index contributed by atoms with van der Waals surface area (Å²) < 4.78 is 38.1. The van der Waals surface area contributed by atoms with E-state index < -0.39 is 11.6 Å². The standard InChI is InChI=1S/C9H9BrF2.C8H9F.C2H6/c1-5(2)6-3-4-7(11)9(12)8(6)10;1-6-3-4-8(9)5-7(6)2;1-2/h3-5H,1-2H3;3-5H,1-2H3;1-2H3.